The molecule has 7 heteroatoms. The largest absolute Gasteiger partial charge is 0.319 e. The van der Waals surface area contributed by atoms with Gasteiger partial charge in [0.05, 0.1) is 5.69 Å². The molecule has 3 aromatic heterocycles. The van der Waals surface area contributed by atoms with E-state index in [1.54, 1.807) is 47.5 Å². The highest BCUT2D eigenvalue weighted by atomic mass is 35.5. The summed E-state index contributed by atoms with van der Waals surface area (Å²) in [6.07, 6.45) is 6.51. The molecule has 1 N–H and O–H groups in total. The van der Waals surface area contributed by atoms with Crippen LogP contribution in [-0.4, -0.2) is 25.7 Å². The third kappa shape index (κ3) is 2.90. The second-order valence-electron chi connectivity index (χ2n) is 4.15. The van der Waals surface area contributed by atoms with Gasteiger partial charge in [-0.3, -0.25) is 4.79 Å². The smallest absolute Gasteiger partial charge is 0.255 e. The Morgan fingerprint density at radius 3 is 2.81 bits per heavy atom. The second-order valence-corrected chi connectivity index (χ2v) is 4.53. The number of aromatic nitrogens is 4. The van der Waals surface area contributed by atoms with E-state index >= 15 is 0 Å². The zero-order valence-electron chi connectivity index (χ0n) is 10.8. The standard InChI is InChI=1S/C14H10ClN5O/c15-12-9-10(4-7-16-12)14(21)19-11-3-1-5-17-13(11)20-8-2-6-18-20/h1-9H,(H,19,21). The van der Waals surface area contributed by atoms with Crippen LogP contribution in [0.15, 0.2) is 55.1 Å². The molecule has 0 radical (unpaired) electrons. The normalized spacial score (nSPS) is 10.3. The number of pyridine rings is 2. The number of carbonyl (C=O) groups excluding carboxylic acids is 1. The van der Waals surface area contributed by atoms with E-state index in [9.17, 15) is 4.79 Å². The van der Waals surface area contributed by atoms with Crippen molar-refractivity contribution in [3.63, 3.8) is 0 Å². The molecule has 0 bridgehead atoms. The van der Waals surface area contributed by atoms with Gasteiger partial charge in [0.25, 0.3) is 5.91 Å². The summed E-state index contributed by atoms with van der Waals surface area (Å²) in [6.45, 7) is 0. The van der Waals surface area contributed by atoms with Gasteiger partial charge in [-0.15, -0.1) is 0 Å². The highest BCUT2D eigenvalue weighted by Gasteiger charge is 2.11. The Kier molecular flexibility index (Phi) is 3.61. The molecule has 0 aromatic carbocycles. The molecule has 6 nitrogen and oxygen atoms in total. The molecule has 0 aliphatic rings. The summed E-state index contributed by atoms with van der Waals surface area (Å²) < 4.78 is 1.58. The van der Waals surface area contributed by atoms with Gasteiger partial charge >= 0.3 is 0 Å². The summed E-state index contributed by atoms with van der Waals surface area (Å²) in [6, 6.07) is 8.36. The van der Waals surface area contributed by atoms with Crippen molar-refractivity contribution in [1.82, 2.24) is 19.7 Å². The van der Waals surface area contributed by atoms with Crippen LogP contribution >= 0.6 is 11.6 Å². The van der Waals surface area contributed by atoms with E-state index in [0.717, 1.165) is 0 Å². The van der Waals surface area contributed by atoms with Gasteiger partial charge in [-0.1, -0.05) is 11.6 Å². The summed E-state index contributed by atoms with van der Waals surface area (Å²) in [5.74, 6) is 0.247. The molecule has 0 unspecified atom stereocenters. The van der Waals surface area contributed by atoms with Crippen LogP contribution in [0.5, 0.6) is 0 Å². The number of amides is 1. The molecule has 3 aromatic rings. The minimum Gasteiger partial charge on any atom is -0.319 e. The first-order valence-electron chi connectivity index (χ1n) is 6.12. The van der Waals surface area contributed by atoms with Gasteiger partial charge in [0.1, 0.15) is 5.15 Å². The van der Waals surface area contributed by atoms with Crippen molar-refractivity contribution in [3.05, 3.63) is 65.8 Å². The quantitative estimate of drug-likeness (QED) is 0.754. The Morgan fingerprint density at radius 1 is 1.14 bits per heavy atom. The molecule has 104 valence electrons. The van der Waals surface area contributed by atoms with Crippen LogP contribution in [-0.2, 0) is 0 Å². The van der Waals surface area contributed by atoms with E-state index in [0.29, 0.717) is 17.1 Å². The fourth-order valence-electron chi connectivity index (χ4n) is 1.81. The van der Waals surface area contributed by atoms with Crippen LogP contribution in [0.4, 0.5) is 5.69 Å². The van der Waals surface area contributed by atoms with E-state index in [-0.39, 0.29) is 11.1 Å². The first kappa shape index (κ1) is 13.3. The fraction of sp³-hybridized carbons (Fsp3) is 0. The maximum Gasteiger partial charge on any atom is 0.255 e. The van der Waals surface area contributed by atoms with E-state index in [2.05, 4.69) is 20.4 Å². The summed E-state index contributed by atoms with van der Waals surface area (Å²) in [4.78, 5) is 20.3. The maximum atomic E-state index is 12.2. The topological polar surface area (TPSA) is 72.7 Å². The molecule has 21 heavy (non-hydrogen) atoms. The van der Waals surface area contributed by atoms with Crippen molar-refractivity contribution < 1.29 is 4.79 Å². The Hall–Kier alpha value is -2.73. The Balaban J connectivity index is 1.90. The van der Waals surface area contributed by atoms with Gasteiger partial charge in [-0.2, -0.15) is 5.10 Å². The highest BCUT2D eigenvalue weighted by Crippen LogP contribution is 2.17. The number of carbonyl (C=O) groups is 1. The zero-order valence-corrected chi connectivity index (χ0v) is 11.5. The monoisotopic (exact) mass is 299 g/mol. The average molecular weight is 300 g/mol. The highest BCUT2D eigenvalue weighted by molar-refractivity contribution is 6.29. The number of nitrogens with one attached hydrogen (secondary N) is 1. The summed E-state index contributed by atoms with van der Waals surface area (Å²) >= 11 is 5.79. The second kappa shape index (κ2) is 5.72. The molecule has 0 atom stereocenters. The molecule has 3 heterocycles. The SMILES string of the molecule is O=C(Nc1cccnc1-n1cccn1)c1ccnc(Cl)c1. The van der Waals surface area contributed by atoms with Crippen LogP contribution in [0.3, 0.4) is 0 Å². The molecule has 0 aliphatic heterocycles. The summed E-state index contributed by atoms with van der Waals surface area (Å²) in [5, 5.41) is 7.17. The van der Waals surface area contributed by atoms with Crippen molar-refractivity contribution in [1.29, 1.82) is 0 Å². The van der Waals surface area contributed by atoms with Gasteiger partial charge in [-0.25, -0.2) is 14.6 Å². The molecule has 0 fully saturated rings. The average Bonchev–Trinajstić information content (AvgIpc) is 3.02. The molecule has 0 saturated heterocycles. The summed E-state index contributed by atoms with van der Waals surface area (Å²) in [5.41, 5.74) is 0.976. The minimum absolute atomic E-state index is 0.265. The van der Waals surface area contributed by atoms with Crippen LogP contribution < -0.4 is 5.32 Å². The lowest BCUT2D eigenvalue weighted by Crippen LogP contribution is -2.14. The van der Waals surface area contributed by atoms with Gasteiger partial charge in [0.2, 0.25) is 0 Å². The van der Waals surface area contributed by atoms with Crippen LogP contribution in [0.2, 0.25) is 5.15 Å². The lowest BCUT2D eigenvalue weighted by Gasteiger charge is -2.09. The van der Waals surface area contributed by atoms with Gasteiger partial charge in [-0.05, 0) is 30.3 Å². The molecule has 0 saturated carbocycles. The number of nitrogens with zero attached hydrogens (tertiary/aromatic N) is 4. The number of anilines is 1. The third-order valence-corrected chi connectivity index (χ3v) is 2.95. The lowest BCUT2D eigenvalue weighted by molar-refractivity contribution is 0.102. The van der Waals surface area contributed by atoms with Crippen molar-refractivity contribution in [2.75, 3.05) is 5.32 Å². The van der Waals surface area contributed by atoms with Crippen molar-refractivity contribution in [2.24, 2.45) is 0 Å². The fourth-order valence-corrected chi connectivity index (χ4v) is 1.98. The Bertz CT molecular complexity index is 773. The van der Waals surface area contributed by atoms with Crippen molar-refractivity contribution in [3.8, 4) is 5.82 Å². The third-order valence-electron chi connectivity index (χ3n) is 2.75. The predicted molar refractivity (Wildman–Crippen MR) is 78.6 cm³/mol. The number of hydrogen-bond donors (Lipinski definition) is 1. The minimum atomic E-state index is -0.291. The Morgan fingerprint density at radius 2 is 2.05 bits per heavy atom. The number of rotatable bonds is 3. The number of halogens is 1. The van der Waals surface area contributed by atoms with E-state index < -0.39 is 0 Å². The van der Waals surface area contributed by atoms with Crippen LogP contribution in [0.25, 0.3) is 5.82 Å². The summed E-state index contributed by atoms with van der Waals surface area (Å²) in [7, 11) is 0. The zero-order chi connectivity index (χ0) is 14.7. The first-order chi connectivity index (χ1) is 10.2. The van der Waals surface area contributed by atoms with Gasteiger partial charge in [0, 0.05) is 30.4 Å². The molecule has 1 amide bonds. The van der Waals surface area contributed by atoms with Gasteiger partial charge in [0.15, 0.2) is 5.82 Å². The van der Waals surface area contributed by atoms with Crippen molar-refractivity contribution >= 4 is 23.2 Å². The van der Waals surface area contributed by atoms with Crippen LogP contribution in [0, 0.1) is 0 Å². The predicted octanol–water partition coefficient (Wildman–Crippen LogP) is 2.57. The first-order valence-corrected chi connectivity index (χ1v) is 6.50. The molecule has 0 aliphatic carbocycles. The molecular weight excluding hydrogens is 290 g/mol. The molecule has 3 rings (SSSR count). The molecule has 0 spiro atoms. The number of hydrogen-bond acceptors (Lipinski definition) is 4. The van der Waals surface area contributed by atoms with Gasteiger partial charge < -0.3 is 5.32 Å². The van der Waals surface area contributed by atoms with Crippen LogP contribution in [0.1, 0.15) is 10.4 Å². The van der Waals surface area contributed by atoms with Crippen molar-refractivity contribution in [2.45, 2.75) is 0 Å². The van der Waals surface area contributed by atoms with E-state index in [1.165, 1.54) is 12.3 Å². The lowest BCUT2D eigenvalue weighted by atomic mass is 10.2. The maximum absolute atomic E-state index is 12.2. The van der Waals surface area contributed by atoms with E-state index in [1.807, 2.05) is 0 Å². The molecular formula is C14H10ClN5O. The van der Waals surface area contributed by atoms with E-state index in [4.69, 9.17) is 11.6 Å². The Labute approximate surface area is 125 Å².